The Morgan fingerprint density at radius 2 is 0.867 bits per heavy atom. The molecule has 8 aromatic carbocycles. The van der Waals surface area contributed by atoms with Crippen LogP contribution in [0.3, 0.4) is 0 Å². The van der Waals surface area contributed by atoms with Gasteiger partial charge in [0.15, 0.2) is 0 Å². The lowest BCUT2D eigenvalue weighted by molar-refractivity contribution is 0.669. The van der Waals surface area contributed by atoms with Crippen LogP contribution in [0, 0.1) is 0 Å². The first-order valence-electron chi connectivity index (χ1n) is 19.2. The van der Waals surface area contributed by atoms with Crippen molar-refractivity contribution in [2.45, 2.75) is 0 Å². The second-order valence-electron chi connectivity index (χ2n) is 11.0. The minimum absolute atomic E-state index is 0.0245. The second-order valence-corrected chi connectivity index (χ2v) is 11.0. The van der Waals surface area contributed by atoms with E-state index in [0.29, 0.717) is 39.0 Å². The van der Waals surface area contributed by atoms with Gasteiger partial charge < -0.3 is 4.42 Å². The molecule has 0 aliphatic heterocycles. The van der Waals surface area contributed by atoms with Crippen LogP contribution in [0.15, 0.2) is 174 Å². The van der Waals surface area contributed by atoms with Gasteiger partial charge in [0.25, 0.3) is 0 Å². The molecular weight excluding hydrogens is 544 g/mol. The first-order chi connectivity index (χ1) is 26.1. The van der Waals surface area contributed by atoms with Crippen molar-refractivity contribution in [2.75, 3.05) is 0 Å². The van der Waals surface area contributed by atoms with Crippen molar-refractivity contribution >= 4 is 43.5 Å². The first kappa shape index (κ1) is 18.0. The molecule has 9 rings (SSSR count). The molecule has 1 heterocycles. The fourth-order valence-electron chi connectivity index (χ4n) is 6.41. The summed E-state index contributed by atoms with van der Waals surface area (Å²) in [5.41, 5.74) is 5.52. The summed E-state index contributed by atoms with van der Waals surface area (Å²) in [4.78, 5) is 0. The van der Waals surface area contributed by atoms with Crippen LogP contribution in [0.25, 0.3) is 88.0 Å². The van der Waals surface area contributed by atoms with Gasteiger partial charge in [-0.1, -0.05) is 139 Å². The van der Waals surface area contributed by atoms with Gasteiger partial charge in [-0.2, -0.15) is 0 Å². The molecule has 0 N–H and O–H groups in total. The van der Waals surface area contributed by atoms with E-state index in [-0.39, 0.29) is 41.8 Å². The van der Waals surface area contributed by atoms with E-state index in [1.165, 1.54) is 0 Å². The zero-order valence-electron chi connectivity index (χ0n) is 32.9. The summed E-state index contributed by atoms with van der Waals surface area (Å²) in [6.45, 7) is 0. The summed E-state index contributed by atoms with van der Waals surface area (Å²) in [6, 6.07) is 33.8. The molecule has 0 fully saturated rings. The standard InChI is InChI=1S/C44H28O/c1-3-12-29(13-4-1)31-16-11-17-33(26-31)43-35-18-7-9-20-37(35)44(38-21-10-8-19-36(38)43)34-23-25-42-40(28-34)39-27-32(22-24-41(39)45-42)30-14-5-2-6-15-30/h1-28H/i2D,5D,6D,11D,14D,15D,16D,17D,26D. The molecule has 0 atom stereocenters. The Hall–Kier alpha value is -5.92. The van der Waals surface area contributed by atoms with Crippen molar-refractivity contribution in [1.82, 2.24) is 0 Å². The van der Waals surface area contributed by atoms with E-state index in [2.05, 4.69) is 0 Å². The first-order valence-corrected chi connectivity index (χ1v) is 14.7. The number of benzene rings is 8. The number of hydrogen-bond acceptors (Lipinski definition) is 1. The van der Waals surface area contributed by atoms with E-state index in [9.17, 15) is 1.37 Å². The van der Waals surface area contributed by atoms with Crippen molar-refractivity contribution in [3.63, 3.8) is 0 Å². The smallest absolute Gasteiger partial charge is 0.135 e. The maximum Gasteiger partial charge on any atom is 0.135 e. The molecule has 1 heteroatoms. The van der Waals surface area contributed by atoms with Crippen LogP contribution in [-0.2, 0) is 0 Å². The van der Waals surface area contributed by atoms with Gasteiger partial charge in [-0.3, -0.25) is 0 Å². The predicted molar refractivity (Wildman–Crippen MR) is 190 cm³/mol. The molecule has 0 radical (unpaired) electrons. The minimum Gasteiger partial charge on any atom is -0.456 e. The van der Waals surface area contributed by atoms with E-state index < -0.39 is 18.1 Å². The van der Waals surface area contributed by atoms with Crippen LogP contribution in [0.1, 0.15) is 12.3 Å². The SMILES string of the molecule is [2H]c1c([2H])c([2H])c(-c2ccc3oc4ccc(-c5c6ccccc6c(-c6c([2H])c([2H])c([2H])c(-c7ccccc7)c6[2H])c6ccccc56)cc4c3c2)c([2H])c1[2H]. The number of rotatable bonds is 4. The number of hydrogen-bond donors (Lipinski definition) is 0. The van der Waals surface area contributed by atoms with Crippen molar-refractivity contribution < 1.29 is 16.8 Å². The quantitative estimate of drug-likeness (QED) is 0.188. The molecule has 0 amide bonds. The molecule has 9 aromatic rings. The Morgan fingerprint density at radius 3 is 1.51 bits per heavy atom. The highest BCUT2D eigenvalue weighted by Gasteiger charge is 2.18. The predicted octanol–water partition coefficient (Wildman–Crippen LogP) is 12.6. The fourth-order valence-corrected chi connectivity index (χ4v) is 6.41. The lowest BCUT2D eigenvalue weighted by Gasteiger charge is -2.18. The average Bonchev–Trinajstić information content (AvgIpc) is 3.56. The molecule has 210 valence electrons. The summed E-state index contributed by atoms with van der Waals surface area (Å²) in [7, 11) is 0. The fraction of sp³-hybridized carbons (Fsp3) is 0. The second kappa shape index (κ2) is 10.4. The van der Waals surface area contributed by atoms with Gasteiger partial charge in [0, 0.05) is 10.8 Å². The summed E-state index contributed by atoms with van der Waals surface area (Å²) in [5, 5.41) is 4.86. The third-order valence-corrected chi connectivity index (χ3v) is 8.42. The highest BCUT2D eigenvalue weighted by Crippen LogP contribution is 2.45. The van der Waals surface area contributed by atoms with Gasteiger partial charge >= 0.3 is 0 Å². The lowest BCUT2D eigenvalue weighted by Crippen LogP contribution is -1.91. The summed E-state index contributed by atoms with van der Waals surface area (Å²) >= 11 is 0. The zero-order chi connectivity index (χ0) is 37.6. The van der Waals surface area contributed by atoms with Crippen molar-refractivity contribution in [3.8, 4) is 44.5 Å². The van der Waals surface area contributed by atoms with Crippen LogP contribution in [0.2, 0.25) is 0 Å². The Balaban J connectivity index is 1.32. The van der Waals surface area contributed by atoms with Gasteiger partial charge in [-0.25, -0.2) is 0 Å². The van der Waals surface area contributed by atoms with Gasteiger partial charge in [-0.15, -0.1) is 0 Å². The molecule has 0 bridgehead atoms. The van der Waals surface area contributed by atoms with E-state index in [4.69, 9.17) is 15.4 Å². The number of fused-ring (bicyclic) bond motifs is 5. The molecule has 0 spiro atoms. The van der Waals surface area contributed by atoms with Gasteiger partial charge in [0.05, 0.1) is 12.3 Å². The highest BCUT2D eigenvalue weighted by atomic mass is 16.3. The molecular formula is C44H28O. The van der Waals surface area contributed by atoms with Crippen LogP contribution in [0.5, 0.6) is 0 Å². The Kier molecular flexibility index (Phi) is 4.15. The van der Waals surface area contributed by atoms with Gasteiger partial charge in [0.2, 0.25) is 0 Å². The number of furan rings is 1. The molecule has 0 unspecified atom stereocenters. The monoisotopic (exact) mass is 581 g/mol. The van der Waals surface area contributed by atoms with Gasteiger partial charge in [-0.05, 0) is 96.4 Å². The third-order valence-electron chi connectivity index (χ3n) is 8.42. The molecule has 45 heavy (non-hydrogen) atoms. The van der Waals surface area contributed by atoms with E-state index >= 15 is 0 Å². The zero-order valence-corrected chi connectivity index (χ0v) is 23.9. The summed E-state index contributed by atoms with van der Waals surface area (Å²) in [6.07, 6.45) is 0. The minimum atomic E-state index is -0.443. The van der Waals surface area contributed by atoms with E-state index in [1.54, 1.807) is 12.1 Å². The van der Waals surface area contributed by atoms with Crippen molar-refractivity contribution in [2.24, 2.45) is 0 Å². The third kappa shape index (κ3) is 4.24. The molecule has 1 nitrogen and oxygen atoms in total. The molecule has 0 saturated heterocycles. The summed E-state index contributed by atoms with van der Waals surface area (Å²) < 4.78 is 84.0. The summed E-state index contributed by atoms with van der Waals surface area (Å²) in [5.74, 6) is 0. The van der Waals surface area contributed by atoms with Crippen molar-refractivity contribution in [1.29, 1.82) is 0 Å². The largest absolute Gasteiger partial charge is 0.456 e. The molecule has 0 aliphatic carbocycles. The molecule has 0 aliphatic rings. The van der Waals surface area contributed by atoms with Crippen LogP contribution in [0.4, 0.5) is 0 Å². The topological polar surface area (TPSA) is 13.1 Å². The molecule has 1 aromatic heterocycles. The Morgan fingerprint density at radius 1 is 0.356 bits per heavy atom. The Bertz CT molecular complexity index is 2960. The molecule has 0 saturated carbocycles. The maximum absolute atomic E-state index is 9.47. The average molecular weight is 582 g/mol. The van der Waals surface area contributed by atoms with Gasteiger partial charge in [0.1, 0.15) is 11.2 Å². The van der Waals surface area contributed by atoms with E-state index in [1.807, 2.05) is 103 Å². The van der Waals surface area contributed by atoms with Crippen LogP contribution in [-0.4, -0.2) is 0 Å². The van der Waals surface area contributed by atoms with Crippen LogP contribution < -0.4 is 0 Å². The highest BCUT2D eigenvalue weighted by molar-refractivity contribution is 6.22. The van der Waals surface area contributed by atoms with Crippen molar-refractivity contribution in [3.05, 3.63) is 170 Å². The normalized spacial score (nSPS) is 14.4. The maximum atomic E-state index is 9.47. The lowest BCUT2D eigenvalue weighted by atomic mass is 9.85. The Labute approximate surface area is 274 Å². The van der Waals surface area contributed by atoms with Crippen LogP contribution >= 0.6 is 0 Å². The van der Waals surface area contributed by atoms with E-state index in [0.717, 1.165) is 43.4 Å².